The Balaban J connectivity index is 2.09. The van der Waals surface area contributed by atoms with Gasteiger partial charge < -0.3 is 5.32 Å². The monoisotopic (exact) mass is 157 g/mol. The van der Waals surface area contributed by atoms with E-state index in [4.69, 9.17) is 0 Å². The average Bonchev–Trinajstić information content (AvgIpc) is 2.62. The molecule has 2 rings (SSSR count). The fourth-order valence-electron chi connectivity index (χ4n) is 2.74. The molecule has 1 N–H and O–H groups in total. The van der Waals surface area contributed by atoms with Crippen molar-refractivity contribution in [2.24, 2.45) is 11.3 Å². The standard InChI is InChI=1S/C9H16FN/c10-5-8-6-11-7-9(8)3-1-2-4-9/h8,11H,1-7H2. The van der Waals surface area contributed by atoms with Crippen molar-refractivity contribution in [3.63, 3.8) is 0 Å². The van der Waals surface area contributed by atoms with Gasteiger partial charge in [-0.1, -0.05) is 12.8 Å². The first-order valence-electron chi connectivity index (χ1n) is 4.64. The lowest BCUT2D eigenvalue weighted by atomic mass is 9.77. The third kappa shape index (κ3) is 1.08. The highest BCUT2D eigenvalue weighted by atomic mass is 19.1. The SMILES string of the molecule is FCC1CNCC12CCCC2. The number of halogens is 1. The van der Waals surface area contributed by atoms with E-state index in [1.807, 2.05) is 0 Å². The zero-order valence-electron chi connectivity index (χ0n) is 6.91. The molecule has 0 aromatic heterocycles. The van der Waals surface area contributed by atoms with Crippen molar-refractivity contribution < 1.29 is 4.39 Å². The molecule has 0 amide bonds. The lowest BCUT2D eigenvalue weighted by Gasteiger charge is -2.27. The van der Waals surface area contributed by atoms with Gasteiger partial charge in [-0.15, -0.1) is 0 Å². The first-order chi connectivity index (χ1) is 5.37. The van der Waals surface area contributed by atoms with E-state index in [-0.39, 0.29) is 6.67 Å². The summed E-state index contributed by atoms with van der Waals surface area (Å²) in [4.78, 5) is 0. The van der Waals surface area contributed by atoms with Crippen molar-refractivity contribution in [1.82, 2.24) is 5.32 Å². The van der Waals surface area contributed by atoms with Gasteiger partial charge in [-0.25, -0.2) is 0 Å². The molecule has 1 aliphatic carbocycles. The maximum Gasteiger partial charge on any atom is 0.0940 e. The zero-order chi connectivity index (χ0) is 7.73. The molecule has 1 saturated heterocycles. The van der Waals surface area contributed by atoms with E-state index < -0.39 is 0 Å². The van der Waals surface area contributed by atoms with E-state index >= 15 is 0 Å². The molecular formula is C9H16FN. The molecule has 2 aliphatic rings. The molecule has 0 bridgehead atoms. The summed E-state index contributed by atoms with van der Waals surface area (Å²) in [5.41, 5.74) is 0.370. The van der Waals surface area contributed by atoms with E-state index in [9.17, 15) is 4.39 Å². The molecule has 1 nitrogen and oxygen atoms in total. The van der Waals surface area contributed by atoms with Crippen LogP contribution in [0.2, 0.25) is 0 Å². The van der Waals surface area contributed by atoms with E-state index in [2.05, 4.69) is 5.32 Å². The second-order valence-corrected chi connectivity index (χ2v) is 4.05. The van der Waals surface area contributed by atoms with Gasteiger partial charge in [0.1, 0.15) is 0 Å². The number of nitrogens with one attached hydrogen (secondary N) is 1. The first-order valence-corrected chi connectivity index (χ1v) is 4.64. The largest absolute Gasteiger partial charge is 0.316 e. The topological polar surface area (TPSA) is 12.0 Å². The Morgan fingerprint density at radius 2 is 2.09 bits per heavy atom. The summed E-state index contributed by atoms with van der Waals surface area (Å²) in [6.07, 6.45) is 5.15. The minimum absolute atomic E-state index is 0.118. The van der Waals surface area contributed by atoms with Gasteiger partial charge in [0, 0.05) is 19.0 Å². The summed E-state index contributed by atoms with van der Waals surface area (Å²) in [7, 11) is 0. The van der Waals surface area contributed by atoms with Crippen molar-refractivity contribution in [3.05, 3.63) is 0 Å². The Morgan fingerprint density at radius 3 is 2.73 bits per heavy atom. The Hall–Kier alpha value is -0.110. The summed E-state index contributed by atoms with van der Waals surface area (Å²) in [5, 5.41) is 3.32. The summed E-state index contributed by atoms with van der Waals surface area (Å²) in [6, 6.07) is 0. The summed E-state index contributed by atoms with van der Waals surface area (Å²) in [6.45, 7) is 1.87. The average molecular weight is 157 g/mol. The van der Waals surface area contributed by atoms with Crippen molar-refractivity contribution in [2.75, 3.05) is 19.8 Å². The molecule has 1 atom stereocenters. The Kier molecular flexibility index (Phi) is 1.88. The van der Waals surface area contributed by atoms with Crippen LogP contribution in [0.3, 0.4) is 0 Å². The van der Waals surface area contributed by atoms with Crippen LogP contribution < -0.4 is 5.32 Å². The molecule has 2 heteroatoms. The zero-order valence-corrected chi connectivity index (χ0v) is 6.91. The highest BCUT2D eigenvalue weighted by Gasteiger charge is 2.44. The van der Waals surface area contributed by atoms with Crippen LogP contribution in [0.25, 0.3) is 0 Å². The number of hydrogen-bond acceptors (Lipinski definition) is 1. The van der Waals surface area contributed by atoms with Gasteiger partial charge in [0.15, 0.2) is 0 Å². The molecule has 0 aromatic carbocycles. The van der Waals surface area contributed by atoms with Crippen LogP contribution in [0.15, 0.2) is 0 Å². The summed E-state index contributed by atoms with van der Waals surface area (Å²) in [5.74, 6) is 0.324. The molecule has 0 aromatic rings. The van der Waals surface area contributed by atoms with Gasteiger partial charge in [-0.3, -0.25) is 4.39 Å². The van der Waals surface area contributed by atoms with Gasteiger partial charge >= 0.3 is 0 Å². The van der Waals surface area contributed by atoms with Gasteiger partial charge in [-0.2, -0.15) is 0 Å². The van der Waals surface area contributed by atoms with E-state index in [1.54, 1.807) is 0 Å². The molecule has 1 aliphatic heterocycles. The van der Waals surface area contributed by atoms with Crippen molar-refractivity contribution in [1.29, 1.82) is 0 Å². The lowest BCUT2D eigenvalue weighted by Crippen LogP contribution is -2.27. The van der Waals surface area contributed by atoms with Crippen LogP contribution >= 0.6 is 0 Å². The molecule has 1 heterocycles. The van der Waals surface area contributed by atoms with Crippen LogP contribution in [0.4, 0.5) is 4.39 Å². The van der Waals surface area contributed by atoms with Gasteiger partial charge in [0.25, 0.3) is 0 Å². The quantitative estimate of drug-likeness (QED) is 0.611. The minimum Gasteiger partial charge on any atom is -0.316 e. The summed E-state index contributed by atoms with van der Waals surface area (Å²) < 4.78 is 12.6. The highest BCUT2D eigenvalue weighted by molar-refractivity contribution is 4.97. The second-order valence-electron chi connectivity index (χ2n) is 4.05. The second kappa shape index (κ2) is 2.74. The molecule has 1 unspecified atom stereocenters. The number of alkyl halides is 1. The normalized spacial score (nSPS) is 35.2. The van der Waals surface area contributed by atoms with E-state index in [0.717, 1.165) is 13.1 Å². The van der Waals surface area contributed by atoms with Crippen molar-refractivity contribution in [2.45, 2.75) is 25.7 Å². The molecule has 0 radical (unpaired) electrons. The number of rotatable bonds is 1. The maximum atomic E-state index is 12.6. The summed E-state index contributed by atoms with van der Waals surface area (Å²) >= 11 is 0. The molecule has 1 spiro atoms. The van der Waals surface area contributed by atoms with Crippen molar-refractivity contribution in [3.8, 4) is 0 Å². The predicted molar refractivity (Wildman–Crippen MR) is 43.2 cm³/mol. The minimum atomic E-state index is -0.118. The Bertz CT molecular complexity index is 135. The molecule has 1 saturated carbocycles. The maximum absolute atomic E-state index is 12.6. The Morgan fingerprint density at radius 1 is 1.36 bits per heavy atom. The molecule has 11 heavy (non-hydrogen) atoms. The fraction of sp³-hybridized carbons (Fsp3) is 1.00. The number of hydrogen-bond donors (Lipinski definition) is 1. The molecule has 2 fully saturated rings. The van der Waals surface area contributed by atoms with E-state index in [0.29, 0.717) is 11.3 Å². The van der Waals surface area contributed by atoms with Crippen molar-refractivity contribution >= 4 is 0 Å². The smallest absolute Gasteiger partial charge is 0.0940 e. The predicted octanol–water partition coefficient (Wildman–Crippen LogP) is 1.74. The third-order valence-electron chi connectivity index (χ3n) is 3.52. The first kappa shape index (κ1) is 7.53. The van der Waals surface area contributed by atoms with Crippen LogP contribution in [0, 0.1) is 11.3 Å². The van der Waals surface area contributed by atoms with Crippen LogP contribution in [0.1, 0.15) is 25.7 Å². The third-order valence-corrected chi connectivity index (χ3v) is 3.52. The lowest BCUT2D eigenvalue weighted by molar-refractivity contribution is 0.192. The van der Waals surface area contributed by atoms with Gasteiger partial charge in [-0.05, 0) is 18.3 Å². The fourth-order valence-corrected chi connectivity index (χ4v) is 2.74. The van der Waals surface area contributed by atoms with Crippen LogP contribution in [-0.2, 0) is 0 Å². The van der Waals surface area contributed by atoms with Crippen LogP contribution in [0.5, 0.6) is 0 Å². The molecule has 64 valence electrons. The Labute approximate surface area is 67.4 Å². The van der Waals surface area contributed by atoms with Crippen LogP contribution in [-0.4, -0.2) is 19.8 Å². The van der Waals surface area contributed by atoms with E-state index in [1.165, 1.54) is 25.7 Å². The van der Waals surface area contributed by atoms with Gasteiger partial charge in [0.05, 0.1) is 6.67 Å². The highest BCUT2D eigenvalue weighted by Crippen LogP contribution is 2.46. The van der Waals surface area contributed by atoms with Gasteiger partial charge in [0.2, 0.25) is 0 Å². The molecular weight excluding hydrogens is 141 g/mol.